The summed E-state index contributed by atoms with van der Waals surface area (Å²) in [4.78, 5) is 23.4. The van der Waals surface area contributed by atoms with Gasteiger partial charge in [-0.3, -0.25) is 13.8 Å². The number of quaternary nitrogens is 1. The summed E-state index contributed by atoms with van der Waals surface area (Å²) in [6.45, 7) is 4.70. The average molecular weight is 1140 g/mol. The Morgan fingerprint density at radius 2 is 0.762 bits per heavy atom. The number of unbranched alkanes of at least 4 members (excludes halogenated alkanes) is 31. The molecule has 0 aromatic carbocycles. The molecule has 0 radical (unpaired) electrons. The van der Waals surface area contributed by atoms with Crippen LogP contribution in [-0.4, -0.2) is 73.4 Å². The third kappa shape index (κ3) is 62.8. The summed E-state index contributed by atoms with van der Waals surface area (Å²) < 4.78 is 23.8. The summed E-state index contributed by atoms with van der Waals surface area (Å²) >= 11 is 0. The molecule has 0 aliphatic rings. The first-order valence-electron chi connectivity index (χ1n) is 33.3. The minimum absolute atomic E-state index is 0.0512. The van der Waals surface area contributed by atoms with Gasteiger partial charge in [0.25, 0.3) is 0 Å². The van der Waals surface area contributed by atoms with Crippen molar-refractivity contribution in [3.8, 4) is 0 Å². The molecule has 0 rings (SSSR count). The van der Waals surface area contributed by atoms with E-state index in [-0.39, 0.29) is 19.1 Å². The standard InChI is InChI=1S/C71H127N2O6P/c1-6-8-10-12-14-16-18-20-22-24-26-28-30-32-33-34-35-36-37-38-39-41-43-45-47-49-51-53-55-57-59-61-63-65-71(75)72-69(68-79-80(76,77)78-67-66-73(3,4)5)70(74)64-62-60-58-56-54-52-50-48-46-44-42-40-31-29-27-25-23-21-19-17-15-13-11-9-7-2/h8,10,14,16,20,22,26,28,32-33,35-36,38-39,54,56,62,64,69-70,74H,6-7,9,11-13,15,17-19,21,23-25,27,29-31,34,37,40-53,55,57-61,63,65-68H2,1-5H3,(H-,72,75,76,77)/p+1/b10-8-,16-14-,22-20-,28-26-,33-32-,36-35-,39-38-,56-54+,64-62+. The molecule has 0 bridgehead atoms. The lowest BCUT2D eigenvalue weighted by Crippen LogP contribution is -2.45. The Bertz CT molecular complexity index is 1670. The number of aliphatic hydroxyl groups excluding tert-OH is 1. The highest BCUT2D eigenvalue weighted by Crippen LogP contribution is 2.43. The number of amides is 1. The smallest absolute Gasteiger partial charge is 0.387 e. The monoisotopic (exact) mass is 1140 g/mol. The van der Waals surface area contributed by atoms with E-state index >= 15 is 0 Å². The van der Waals surface area contributed by atoms with Crippen molar-refractivity contribution in [1.29, 1.82) is 0 Å². The number of likely N-dealkylation sites (N-methyl/N-ethyl adjacent to an activating group) is 1. The van der Waals surface area contributed by atoms with Crippen LogP contribution in [0.3, 0.4) is 0 Å². The van der Waals surface area contributed by atoms with Crippen LogP contribution in [0.2, 0.25) is 0 Å². The van der Waals surface area contributed by atoms with Crippen LogP contribution in [-0.2, 0) is 18.4 Å². The number of hydrogen-bond donors (Lipinski definition) is 3. The van der Waals surface area contributed by atoms with E-state index in [9.17, 15) is 19.4 Å². The number of carbonyl (C=O) groups excluding carboxylic acids is 1. The van der Waals surface area contributed by atoms with E-state index < -0.39 is 20.0 Å². The lowest BCUT2D eigenvalue weighted by atomic mass is 10.0. The van der Waals surface area contributed by atoms with E-state index in [1.54, 1.807) is 6.08 Å². The van der Waals surface area contributed by atoms with Gasteiger partial charge in [0, 0.05) is 6.42 Å². The molecule has 3 unspecified atom stereocenters. The maximum Gasteiger partial charge on any atom is 0.472 e. The van der Waals surface area contributed by atoms with Crippen molar-refractivity contribution >= 4 is 13.7 Å². The molecule has 0 aliphatic heterocycles. The second-order valence-electron chi connectivity index (χ2n) is 23.5. The number of nitrogens with zero attached hydrogens (tertiary/aromatic N) is 1. The topological polar surface area (TPSA) is 105 Å². The molecule has 0 spiro atoms. The van der Waals surface area contributed by atoms with Crippen molar-refractivity contribution in [2.75, 3.05) is 40.9 Å². The minimum atomic E-state index is -4.37. The van der Waals surface area contributed by atoms with Crippen molar-refractivity contribution in [3.05, 3.63) is 109 Å². The van der Waals surface area contributed by atoms with Crippen LogP contribution in [0.15, 0.2) is 109 Å². The molecular weight excluding hydrogens is 1010 g/mol. The third-order valence-corrected chi connectivity index (χ3v) is 15.5. The second-order valence-corrected chi connectivity index (χ2v) is 24.9. The SMILES string of the molecule is CC/C=C\C/C=C\C/C=C\C/C=C\C/C=C\C/C=C\C/C=C\CCCCCCCCCCCCCC(=O)NC(COP(=O)(O)OCC[N+](C)(C)C)C(O)/C=C/CC/C=C/CCCCCCCCCCCCCCCCCCCCC. The maximum absolute atomic E-state index is 13.0. The highest BCUT2D eigenvalue weighted by atomic mass is 31.2. The Labute approximate surface area is 495 Å². The van der Waals surface area contributed by atoms with Gasteiger partial charge in [0.05, 0.1) is 39.9 Å². The number of allylic oxidation sites excluding steroid dienone is 17. The number of aliphatic hydroxyl groups is 1. The van der Waals surface area contributed by atoms with Gasteiger partial charge in [0.2, 0.25) is 5.91 Å². The lowest BCUT2D eigenvalue weighted by Gasteiger charge is -2.25. The third-order valence-electron chi connectivity index (χ3n) is 14.5. The Morgan fingerprint density at radius 1 is 0.438 bits per heavy atom. The van der Waals surface area contributed by atoms with E-state index in [4.69, 9.17) is 9.05 Å². The van der Waals surface area contributed by atoms with Crippen LogP contribution in [0.1, 0.15) is 284 Å². The van der Waals surface area contributed by atoms with Crippen LogP contribution in [0.5, 0.6) is 0 Å². The normalized spacial score (nSPS) is 14.4. The zero-order valence-electron chi connectivity index (χ0n) is 52.8. The first-order valence-corrected chi connectivity index (χ1v) is 34.8. The predicted octanol–water partition coefficient (Wildman–Crippen LogP) is 21.1. The second kappa shape index (κ2) is 60.7. The van der Waals surface area contributed by atoms with Gasteiger partial charge in [-0.15, -0.1) is 0 Å². The Hall–Kier alpha value is -2.84. The molecule has 0 saturated carbocycles. The van der Waals surface area contributed by atoms with Gasteiger partial charge < -0.3 is 19.8 Å². The van der Waals surface area contributed by atoms with Crippen LogP contribution < -0.4 is 5.32 Å². The molecule has 3 atom stereocenters. The maximum atomic E-state index is 13.0. The van der Waals surface area contributed by atoms with Crippen LogP contribution >= 0.6 is 7.82 Å². The van der Waals surface area contributed by atoms with Crippen LogP contribution in [0.25, 0.3) is 0 Å². The lowest BCUT2D eigenvalue weighted by molar-refractivity contribution is -0.870. The van der Waals surface area contributed by atoms with Gasteiger partial charge >= 0.3 is 7.82 Å². The highest BCUT2D eigenvalue weighted by Gasteiger charge is 2.27. The van der Waals surface area contributed by atoms with Crippen LogP contribution in [0, 0.1) is 0 Å². The van der Waals surface area contributed by atoms with Gasteiger partial charge in [0.1, 0.15) is 13.2 Å². The van der Waals surface area contributed by atoms with Gasteiger partial charge in [-0.05, 0) is 89.9 Å². The zero-order valence-corrected chi connectivity index (χ0v) is 53.7. The fourth-order valence-electron chi connectivity index (χ4n) is 9.33. The van der Waals surface area contributed by atoms with E-state index in [0.717, 1.165) is 83.5 Å². The molecule has 0 aromatic rings. The molecule has 80 heavy (non-hydrogen) atoms. The van der Waals surface area contributed by atoms with Gasteiger partial charge in [-0.1, -0.05) is 297 Å². The van der Waals surface area contributed by atoms with Crippen molar-refractivity contribution in [2.45, 2.75) is 296 Å². The Balaban J connectivity index is 4.18. The molecular formula is C71H128N2O6P+. The first-order chi connectivity index (χ1) is 39.0. The number of phosphoric ester groups is 1. The molecule has 1 amide bonds. The summed E-state index contributed by atoms with van der Waals surface area (Å²) in [6, 6.07) is -0.874. The van der Waals surface area contributed by atoms with E-state index in [0.29, 0.717) is 17.4 Å². The van der Waals surface area contributed by atoms with E-state index in [1.807, 2.05) is 27.2 Å². The average Bonchev–Trinajstić information content (AvgIpc) is 3.42. The molecule has 3 N–H and O–H groups in total. The molecule has 0 saturated heterocycles. The Kier molecular flexibility index (Phi) is 58.6. The van der Waals surface area contributed by atoms with Crippen LogP contribution in [0.4, 0.5) is 0 Å². The fourth-order valence-corrected chi connectivity index (χ4v) is 10.1. The Morgan fingerprint density at radius 3 is 1.15 bits per heavy atom. The summed E-state index contributed by atoms with van der Waals surface area (Å²) in [5, 5.41) is 14.0. The molecule has 0 aromatic heterocycles. The summed E-state index contributed by atoms with van der Waals surface area (Å²) in [6.07, 6.45) is 89.3. The number of carbonyl (C=O) groups is 1. The predicted molar refractivity (Wildman–Crippen MR) is 350 cm³/mol. The molecule has 8 nitrogen and oxygen atoms in total. The summed E-state index contributed by atoms with van der Waals surface area (Å²) in [5.41, 5.74) is 0. The van der Waals surface area contributed by atoms with E-state index in [1.165, 1.54) is 180 Å². The number of rotatable bonds is 60. The highest BCUT2D eigenvalue weighted by molar-refractivity contribution is 7.47. The number of hydrogen-bond acceptors (Lipinski definition) is 5. The van der Waals surface area contributed by atoms with Crippen molar-refractivity contribution in [2.24, 2.45) is 0 Å². The minimum Gasteiger partial charge on any atom is -0.387 e. The quantitative estimate of drug-likeness (QED) is 0.0243. The van der Waals surface area contributed by atoms with Crippen molar-refractivity contribution in [1.82, 2.24) is 5.32 Å². The molecule has 9 heteroatoms. The molecule has 0 aliphatic carbocycles. The largest absolute Gasteiger partial charge is 0.472 e. The van der Waals surface area contributed by atoms with Crippen molar-refractivity contribution in [3.63, 3.8) is 0 Å². The summed E-state index contributed by atoms with van der Waals surface area (Å²) in [5.74, 6) is -0.192. The molecule has 462 valence electrons. The summed E-state index contributed by atoms with van der Waals surface area (Å²) in [7, 11) is 1.55. The number of nitrogens with one attached hydrogen (secondary N) is 1. The zero-order chi connectivity index (χ0) is 58.4. The van der Waals surface area contributed by atoms with Crippen molar-refractivity contribution < 1.29 is 32.9 Å². The molecule has 0 heterocycles. The van der Waals surface area contributed by atoms with Gasteiger partial charge in [-0.2, -0.15) is 0 Å². The number of phosphoric acid groups is 1. The fraction of sp³-hybridized carbons (Fsp3) is 0.732. The first kappa shape index (κ1) is 77.2. The van der Waals surface area contributed by atoms with E-state index in [2.05, 4.69) is 116 Å². The molecule has 0 fully saturated rings. The van der Waals surface area contributed by atoms with Gasteiger partial charge in [-0.25, -0.2) is 4.57 Å². The van der Waals surface area contributed by atoms with Gasteiger partial charge in [0.15, 0.2) is 0 Å².